The van der Waals surface area contributed by atoms with E-state index in [9.17, 15) is 33.9 Å². The van der Waals surface area contributed by atoms with Gasteiger partial charge >= 0.3 is 6.09 Å². The van der Waals surface area contributed by atoms with Crippen molar-refractivity contribution in [2.45, 2.75) is 64.4 Å². The smallest absolute Gasteiger partial charge is 0.412 e. The van der Waals surface area contributed by atoms with Gasteiger partial charge in [-0.2, -0.15) is 0 Å². The first-order valence-electron chi connectivity index (χ1n) is 26.8. The van der Waals surface area contributed by atoms with Crippen LogP contribution < -0.4 is 31.9 Å². The lowest BCUT2D eigenvalue weighted by atomic mass is 10.0. The van der Waals surface area contributed by atoms with Crippen LogP contribution in [0.5, 0.6) is 0 Å². The van der Waals surface area contributed by atoms with Gasteiger partial charge in [0.1, 0.15) is 82.2 Å². The number of aliphatic hydroxyl groups is 1. The Kier molecular flexibility index (Phi) is 19.8. The molecular formula is C55H58N14O10S6. The molecule has 24 nitrogen and oxygen atoms in total. The average Bonchev–Trinajstić information content (AvgIpc) is 4.30. The van der Waals surface area contributed by atoms with E-state index < -0.39 is 66.4 Å². The van der Waals surface area contributed by atoms with Crippen LogP contribution in [0.4, 0.5) is 10.6 Å². The molecule has 10 bridgehead atoms. The Morgan fingerprint density at radius 3 is 2.25 bits per heavy atom. The van der Waals surface area contributed by atoms with E-state index in [2.05, 4.69) is 41.8 Å². The number of hydrogen-bond donors (Lipinski definition) is 7. The zero-order valence-electron chi connectivity index (χ0n) is 46.5. The molecule has 7 aromatic heterocycles. The van der Waals surface area contributed by atoms with Crippen LogP contribution in [-0.4, -0.2) is 141 Å². The Morgan fingerprint density at radius 2 is 1.47 bits per heavy atom. The zero-order chi connectivity index (χ0) is 59.7. The van der Waals surface area contributed by atoms with E-state index in [1.165, 1.54) is 70.8 Å². The number of aryl methyl sites for hydroxylation is 1. The summed E-state index contributed by atoms with van der Waals surface area (Å²) in [5.41, 5.74) is 2.80. The number of carbonyl (C=O) groups excluding carboxylic acids is 6. The second-order valence-corrected chi connectivity index (χ2v) is 25.6. The van der Waals surface area contributed by atoms with E-state index in [1.54, 1.807) is 70.9 Å². The molecule has 9 heterocycles. The van der Waals surface area contributed by atoms with E-state index >= 15 is 0 Å². The highest BCUT2D eigenvalue weighted by molar-refractivity contribution is 7.15. The van der Waals surface area contributed by atoms with Crippen LogP contribution >= 0.6 is 68.0 Å². The molecule has 1 fully saturated rings. The number of fused-ring (bicyclic) bond motifs is 14. The third-order valence-electron chi connectivity index (χ3n) is 13.4. The molecule has 2 aliphatic rings. The van der Waals surface area contributed by atoms with Crippen molar-refractivity contribution in [1.29, 1.82) is 0 Å². The maximum absolute atomic E-state index is 14.3. The molecule has 0 aliphatic carbocycles. The summed E-state index contributed by atoms with van der Waals surface area (Å²) in [6.45, 7) is 9.04. The molecule has 2 aliphatic heterocycles. The molecule has 85 heavy (non-hydrogen) atoms. The van der Waals surface area contributed by atoms with Crippen molar-refractivity contribution in [3.63, 3.8) is 0 Å². The molecule has 30 heteroatoms. The van der Waals surface area contributed by atoms with Gasteiger partial charge in [-0.1, -0.05) is 44.2 Å². The fourth-order valence-corrected chi connectivity index (χ4v) is 14.6. The zero-order valence-corrected chi connectivity index (χ0v) is 51.4. The minimum atomic E-state index is -1.27. The van der Waals surface area contributed by atoms with Crippen molar-refractivity contribution in [2.75, 3.05) is 65.5 Å². The minimum absolute atomic E-state index is 0.00269. The normalized spacial score (nSPS) is 17.5. The highest BCUT2D eigenvalue weighted by atomic mass is 32.1. The van der Waals surface area contributed by atoms with Crippen LogP contribution in [0.15, 0.2) is 64.0 Å². The molecule has 0 spiro atoms. The van der Waals surface area contributed by atoms with Gasteiger partial charge in [0.2, 0.25) is 11.8 Å². The van der Waals surface area contributed by atoms with E-state index in [4.69, 9.17) is 44.1 Å². The number of anilines is 1. The number of pyridine rings is 1. The van der Waals surface area contributed by atoms with Crippen LogP contribution in [0.3, 0.4) is 0 Å². The SMILES string of the molecule is CNC(=O)C[C@@H]1NC(=O)c2csc(n2)-c2ccc(-c3nc(NC(=O)OCCCN4CCOCC4)cs3)nc2-c2csc(n2)-c2csc(n2)[C@H]([C@@H](O)c2ccccc2)NC(=O)CNC(=O)c2nc(sc2COC)[C@H](C(C)C)NC(=O)c2nc1sc2C. The number of ether oxygens (including phenoxy) is 3. The molecule has 1 saturated heterocycles. The van der Waals surface area contributed by atoms with Gasteiger partial charge in [0.25, 0.3) is 17.7 Å². The maximum Gasteiger partial charge on any atom is 0.412 e. The van der Waals surface area contributed by atoms with Crippen molar-refractivity contribution < 1.29 is 48.1 Å². The van der Waals surface area contributed by atoms with Crippen LogP contribution in [0, 0.1) is 12.8 Å². The minimum Gasteiger partial charge on any atom is -0.449 e. The molecule has 7 N–H and O–H groups in total. The van der Waals surface area contributed by atoms with Crippen LogP contribution in [0.25, 0.3) is 43.4 Å². The van der Waals surface area contributed by atoms with Gasteiger partial charge in [0, 0.05) is 65.8 Å². The maximum atomic E-state index is 14.3. The number of nitrogens with one attached hydrogen (secondary N) is 6. The highest BCUT2D eigenvalue weighted by Gasteiger charge is 2.33. The molecule has 10 rings (SSSR count). The van der Waals surface area contributed by atoms with Crippen LogP contribution in [0.1, 0.15) is 113 Å². The number of rotatable bonds is 13. The van der Waals surface area contributed by atoms with Crippen molar-refractivity contribution in [2.24, 2.45) is 5.92 Å². The molecule has 4 atom stereocenters. The summed E-state index contributed by atoms with van der Waals surface area (Å²) in [6, 6.07) is 9.58. The van der Waals surface area contributed by atoms with Crippen molar-refractivity contribution in [3.8, 4) is 43.4 Å². The molecule has 0 unspecified atom stereocenters. The Balaban J connectivity index is 1.00. The fraction of sp³-hybridized carbons (Fsp3) is 0.364. The predicted molar refractivity (Wildman–Crippen MR) is 324 cm³/mol. The summed E-state index contributed by atoms with van der Waals surface area (Å²) in [5, 5.41) is 38.0. The van der Waals surface area contributed by atoms with Crippen LogP contribution in [-0.2, 0) is 30.4 Å². The van der Waals surface area contributed by atoms with Gasteiger partial charge in [-0.05, 0) is 37.0 Å². The number of methoxy groups -OCH3 is 1. The average molecular weight is 1270 g/mol. The number of benzene rings is 1. The predicted octanol–water partition coefficient (Wildman–Crippen LogP) is 7.58. The third kappa shape index (κ3) is 14.7. The monoisotopic (exact) mass is 1270 g/mol. The lowest BCUT2D eigenvalue weighted by molar-refractivity contribution is -0.122. The topological polar surface area (TPSA) is 316 Å². The number of carbonyl (C=O) groups is 6. The van der Waals surface area contributed by atoms with Gasteiger partial charge in [-0.3, -0.25) is 34.2 Å². The van der Waals surface area contributed by atoms with Crippen molar-refractivity contribution in [1.82, 2.24) is 66.4 Å². The largest absolute Gasteiger partial charge is 0.449 e. The standard InChI is InChI=1S/C55H58N14O10S6/c1-27(2)40-54-68-43(36(85-54)22-77-5)47(74)57-21-39(71)65-44(45(72)29-10-7-6-8-11-29)53-62-35(25-82-53)51-60-33(23-81-51)42-30(12-13-31(58-42)50-63-37(26-83-50)64-55(76)79-17-9-14-69-15-18-78-19-16-69)49-61-34(24-80-49)46(73)59-32(20-38(70)56-4)52-67-41(28(3)84-52)48(75)66-40/h6-8,10-13,23-27,32,40,44-45,72H,9,14-22H2,1-5H3,(H,56,70)(H,57,74)(H,59,73)(H,64,76)(H,65,71)(H,66,75)/t32-,40-,44-,45-/m0/s1. The number of amides is 6. The molecular weight excluding hydrogens is 1210 g/mol. The molecule has 6 amide bonds. The first kappa shape index (κ1) is 60.7. The second kappa shape index (κ2) is 27.8. The van der Waals surface area contributed by atoms with Gasteiger partial charge in [-0.25, -0.2) is 39.7 Å². The van der Waals surface area contributed by atoms with E-state index in [0.29, 0.717) is 93.3 Å². The van der Waals surface area contributed by atoms with Crippen molar-refractivity contribution >= 4 is 109 Å². The Hall–Kier alpha value is -7.39. The third-order valence-corrected chi connectivity index (χ3v) is 19.2. The number of hydrogen-bond acceptors (Lipinski definition) is 24. The molecule has 0 saturated carbocycles. The van der Waals surface area contributed by atoms with Crippen LogP contribution in [0.2, 0.25) is 0 Å². The number of thiazole rings is 6. The van der Waals surface area contributed by atoms with Gasteiger partial charge in [0.05, 0.1) is 62.0 Å². The Bertz CT molecular complexity index is 3700. The summed E-state index contributed by atoms with van der Waals surface area (Å²) in [6.07, 6.45) is -1.46. The summed E-state index contributed by atoms with van der Waals surface area (Å²) < 4.78 is 16.3. The Labute approximate surface area is 511 Å². The van der Waals surface area contributed by atoms with E-state index in [0.717, 1.165) is 31.0 Å². The fourth-order valence-electron chi connectivity index (χ4n) is 9.06. The van der Waals surface area contributed by atoms with Crippen molar-refractivity contribution in [3.05, 3.63) is 111 Å². The first-order chi connectivity index (χ1) is 41.1. The summed E-state index contributed by atoms with van der Waals surface area (Å²) >= 11 is 7.24. The molecule has 8 aromatic rings. The van der Waals surface area contributed by atoms with Gasteiger partial charge < -0.3 is 45.9 Å². The quantitative estimate of drug-likeness (QED) is 0.0547. The van der Waals surface area contributed by atoms with E-state index in [-0.39, 0.29) is 48.5 Å². The number of nitrogens with zero attached hydrogens (tertiary/aromatic N) is 8. The summed E-state index contributed by atoms with van der Waals surface area (Å²) in [5.74, 6) is -2.82. The summed E-state index contributed by atoms with van der Waals surface area (Å²) in [4.78, 5) is 119. The Morgan fingerprint density at radius 1 is 0.741 bits per heavy atom. The molecule has 444 valence electrons. The first-order valence-corrected chi connectivity index (χ1v) is 31.9. The second-order valence-electron chi connectivity index (χ2n) is 19.7. The van der Waals surface area contributed by atoms with Gasteiger partial charge in [0.15, 0.2) is 0 Å². The van der Waals surface area contributed by atoms with E-state index in [1.807, 2.05) is 13.8 Å². The summed E-state index contributed by atoms with van der Waals surface area (Å²) in [7, 11) is 2.95. The molecule has 1 aromatic carbocycles. The highest BCUT2D eigenvalue weighted by Crippen LogP contribution is 2.40. The lowest BCUT2D eigenvalue weighted by Gasteiger charge is -2.26. The molecule has 0 radical (unpaired) electrons. The number of aromatic nitrogens is 7. The lowest BCUT2D eigenvalue weighted by Crippen LogP contribution is -2.40. The van der Waals surface area contributed by atoms with Gasteiger partial charge in [-0.15, -0.1) is 68.0 Å². The number of morpholine rings is 1. The number of aliphatic hydroxyl groups excluding tert-OH is 1.